The summed E-state index contributed by atoms with van der Waals surface area (Å²) in [6.45, 7) is 2.31. The Morgan fingerprint density at radius 3 is 1.76 bits per heavy atom. The Hall–Kier alpha value is -2.26. The summed E-state index contributed by atoms with van der Waals surface area (Å²) >= 11 is 0. The molecule has 4 nitrogen and oxygen atoms in total. The van der Waals surface area contributed by atoms with Gasteiger partial charge in [0.25, 0.3) is 5.91 Å². The van der Waals surface area contributed by atoms with Crippen molar-refractivity contribution in [3.05, 3.63) is 34.9 Å². The summed E-state index contributed by atoms with van der Waals surface area (Å²) in [4.78, 5) is 24.5. The second-order valence-corrected chi connectivity index (χ2v) is 5.40. The van der Waals surface area contributed by atoms with Gasteiger partial charge in [-0.05, 0) is 32.0 Å². The van der Waals surface area contributed by atoms with Crippen LogP contribution < -0.4 is 0 Å². The Kier molecular flexibility index (Phi) is 6.09. The van der Waals surface area contributed by atoms with E-state index in [4.69, 9.17) is 0 Å². The van der Waals surface area contributed by atoms with E-state index in [0.717, 1.165) is 12.0 Å². The fourth-order valence-electron chi connectivity index (χ4n) is 1.94. The second-order valence-electron chi connectivity index (χ2n) is 5.40. The molecule has 140 valence electrons. The van der Waals surface area contributed by atoms with Gasteiger partial charge in [0.2, 0.25) is 0 Å². The predicted molar refractivity (Wildman–Crippen MR) is 74.6 cm³/mol. The number of hydrogen-bond acceptors (Lipinski definition) is 3. The third-order valence-corrected chi connectivity index (χ3v) is 3.25. The van der Waals surface area contributed by atoms with E-state index in [0.29, 0.717) is 12.1 Å². The number of carbonyl (C=O) groups excluding carboxylic acids is 2. The molecule has 0 saturated heterocycles. The van der Waals surface area contributed by atoms with E-state index in [-0.39, 0.29) is 6.07 Å². The second kappa shape index (κ2) is 7.32. The van der Waals surface area contributed by atoms with Gasteiger partial charge in [0.1, 0.15) is 6.54 Å². The van der Waals surface area contributed by atoms with Crippen molar-refractivity contribution in [1.82, 2.24) is 4.90 Å². The molecule has 25 heavy (non-hydrogen) atoms. The zero-order valence-electron chi connectivity index (χ0n) is 13.5. The molecule has 0 fully saturated rings. The average Bonchev–Trinajstić information content (AvgIpc) is 2.49. The van der Waals surface area contributed by atoms with Crippen LogP contribution in [-0.4, -0.2) is 36.5 Å². The van der Waals surface area contributed by atoms with Gasteiger partial charge >= 0.3 is 18.3 Å². The molecule has 1 rings (SSSR count). The summed E-state index contributed by atoms with van der Waals surface area (Å²) in [7, 11) is 1.04. The van der Waals surface area contributed by atoms with Gasteiger partial charge in [0, 0.05) is 11.6 Å². The first-order chi connectivity index (χ1) is 11.3. The summed E-state index contributed by atoms with van der Waals surface area (Å²) in [5.41, 5.74) is -4.03. The SMILES string of the molecule is COC(=O)CN(C(=O)c1cc(C(F)(F)F)cc(C(F)(F)F)c1)C(C)C. The first-order valence-corrected chi connectivity index (χ1v) is 6.94. The fourth-order valence-corrected chi connectivity index (χ4v) is 1.94. The Morgan fingerprint density at radius 1 is 1.00 bits per heavy atom. The van der Waals surface area contributed by atoms with Crippen LogP contribution in [0.5, 0.6) is 0 Å². The summed E-state index contributed by atoms with van der Waals surface area (Å²) in [5.74, 6) is -2.00. The van der Waals surface area contributed by atoms with Gasteiger partial charge in [-0.25, -0.2) is 0 Å². The summed E-state index contributed by atoms with van der Waals surface area (Å²) in [6.07, 6.45) is -10.1. The Morgan fingerprint density at radius 2 is 1.44 bits per heavy atom. The molecular weight excluding hydrogens is 356 g/mol. The molecule has 0 atom stereocenters. The molecule has 10 heteroatoms. The number of ether oxygens (including phenoxy) is 1. The third-order valence-electron chi connectivity index (χ3n) is 3.25. The monoisotopic (exact) mass is 371 g/mol. The maximum absolute atomic E-state index is 12.9. The van der Waals surface area contributed by atoms with Gasteiger partial charge in [0.05, 0.1) is 18.2 Å². The lowest BCUT2D eigenvalue weighted by Crippen LogP contribution is -2.41. The van der Waals surface area contributed by atoms with Crippen LogP contribution in [0.1, 0.15) is 35.3 Å². The van der Waals surface area contributed by atoms with Crippen molar-refractivity contribution in [1.29, 1.82) is 0 Å². The molecule has 0 radical (unpaired) electrons. The number of hydrogen-bond donors (Lipinski definition) is 0. The molecule has 1 aromatic rings. The highest BCUT2D eigenvalue weighted by Crippen LogP contribution is 2.36. The number of alkyl halides is 6. The molecule has 0 aliphatic rings. The highest BCUT2D eigenvalue weighted by atomic mass is 19.4. The van der Waals surface area contributed by atoms with Crippen LogP contribution in [0.2, 0.25) is 0 Å². The Bertz CT molecular complexity index is 619. The van der Waals surface area contributed by atoms with Crippen LogP contribution in [0, 0.1) is 0 Å². The number of halogens is 6. The van der Waals surface area contributed by atoms with Gasteiger partial charge in [-0.1, -0.05) is 0 Å². The lowest BCUT2D eigenvalue weighted by atomic mass is 10.0. The first kappa shape index (κ1) is 20.8. The highest BCUT2D eigenvalue weighted by Gasteiger charge is 2.38. The lowest BCUT2D eigenvalue weighted by Gasteiger charge is -2.26. The number of carbonyl (C=O) groups is 2. The van der Waals surface area contributed by atoms with Crippen LogP contribution in [0.25, 0.3) is 0 Å². The molecule has 0 aromatic heterocycles. The number of benzene rings is 1. The normalized spacial score (nSPS) is 12.2. The molecule has 0 aliphatic heterocycles. The molecular formula is C15H15F6NO3. The Labute approximate surface area is 139 Å². The molecule has 0 heterocycles. The third kappa shape index (κ3) is 5.36. The van der Waals surface area contributed by atoms with E-state index in [2.05, 4.69) is 4.74 Å². The lowest BCUT2D eigenvalue weighted by molar-refractivity contribution is -0.144. The first-order valence-electron chi connectivity index (χ1n) is 6.94. The fraction of sp³-hybridized carbons (Fsp3) is 0.467. The largest absolute Gasteiger partial charge is 0.468 e. The van der Waals surface area contributed by atoms with Gasteiger partial charge < -0.3 is 9.64 Å². The van der Waals surface area contributed by atoms with Crippen LogP contribution in [0.15, 0.2) is 18.2 Å². The number of rotatable bonds is 4. The standard InChI is InChI=1S/C15H15F6NO3/c1-8(2)22(7-12(23)25-3)13(24)9-4-10(14(16,17)18)6-11(5-9)15(19,20)21/h4-6,8H,7H2,1-3H3. The average molecular weight is 371 g/mol. The van der Waals surface area contributed by atoms with E-state index in [9.17, 15) is 35.9 Å². The van der Waals surface area contributed by atoms with Crippen LogP contribution in [-0.2, 0) is 21.9 Å². The summed E-state index contributed by atoms with van der Waals surface area (Å²) in [5, 5.41) is 0. The maximum atomic E-state index is 12.9. The topological polar surface area (TPSA) is 46.6 Å². The van der Waals surface area contributed by atoms with Gasteiger partial charge in [-0.15, -0.1) is 0 Å². The molecule has 0 bridgehead atoms. The quantitative estimate of drug-likeness (QED) is 0.598. The van der Waals surface area contributed by atoms with Crippen molar-refractivity contribution in [2.45, 2.75) is 32.2 Å². The van der Waals surface area contributed by atoms with Crippen LogP contribution in [0.3, 0.4) is 0 Å². The van der Waals surface area contributed by atoms with Crippen molar-refractivity contribution in [2.24, 2.45) is 0 Å². The summed E-state index contributed by atoms with van der Waals surface area (Å²) < 4.78 is 81.5. The van der Waals surface area contributed by atoms with Crippen LogP contribution in [0.4, 0.5) is 26.3 Å². The smallest absolute Gasteiger partial charge is 0.416 e. The van der Waals surface area contributed by atoms with Crippen LogP contribution >= 0.6 is 0 Å². The van der Waals surface area contributed by atoms with Crippen molar-refractivity contribution < 1.29 is 40.7 Å². The molecule has 1 aromatic carbocycles. The van der Waals surface area contributed by atoms with Crippen molar-refractivity contribution >= 4 is 11.9 Å². The van der Waals surface area contributed by atoms with Crippen molar-refractivity contribution in [3.8, 4) is 0 Å². The molecule has 0 N–H and O–H groups in total. The zero-order valence-corrected chi connectivity index (χ0v) is 13.5. The minimum atomic E-state index is -5.07. The molecule has 0 aliphatic carbocycles. The predicted octanol–water partition coefficient (Wildman–Crippen LogP) is 3.75. The summed E-state index contributed by atoms with van der Waals surface area (Å²) in [6, 6.07) is -0.0823. The van der Waals surface area contributed by atoms with E-state index < -0.39 is 53.5 Å². The highest BCUT2D eigenvalue weighted by molar-refractivity contribution is 5.96. The number of esters is 1. The molecule has 0 saturated carbocycles. The van der Waals surface area contributed by atoms with Crippen molar-refractivity contribution in [3.63, 3.8) is 0 Å². The number of methoxy groups -OCH3 is 1. The van der Waals surface area contributed by atoms with Gasteiger partial charge in [-0.2, -0.15) is 26.3 Å². The Balaban J connectivity index is 3.42. The maximum Gasteiger partial charge on any atom is 0.416 e. The number of nitrogens with zero attached hydrogens (tertiary/aromatic N) is 1. The minimum absolute atomic E-state index is 0.0726. The van der Waals surface area contributed by atoms with Gasteiger partial charge in [-0.3, -0.25) is 9.59 Å². The molecule has 0 spiro atoms. The van der Waals surface area contributed by atoms with E-state index in [1.165, 1.54) is 13.8 Å². The van der Waals surface area contributed by atoms with Crippen molar-refractivity contribution in [2.75, 3.05) is 13.7 Å². The minimum Gasteiger partial charge on any atom is -0.468 e. The van der Waals surface area contributed by atoms with E-state index in [1.807, 2.05) is 0 Å². The van der Waals surface area contributed by atoms with Gasteiger partial charge in [0.15, 0.2) is 0 Å². The molecule has 0 unspecified atom stereocenters. The van der Waals surface area contributed by atoms with E-state index >= 15 is 0 Å². The van der Waals surface area contributed by atoms with E-state index in [1.54, 1.807) is 0 Å². The molecule has 1 amide bonds. The zero-order chi connectivity index (χ0) is 19.6. The number of amides is 1.